The van der Waals surface area contributed by atoms with Gasteiger partial charge in [-0.2, -0.15) is 0 Å². The largest absolute Gasteiger partial charge is 0.332 e. The van der Waals surface area contributed by atoms with E-state index in [1.54, 1.807) is 12.1 Å². The standard InChI is InChI=1S/C14H11Cl2FN2S/c1-8-6-9(15)2-5-13(8)19-14(20)18-10-3-4-12(17)11(16)7-10/h2-7H,1H3,(H2,18,19,20). The van der Waals surface area contributed by atoms with Crippen LogP contribution >= 0.6 is 35.4 Å². The highest BCUT2D eigenvalue weighted by Gasteiger charge is 2.05. The molecule has 0 heterocycles. The third-order valence-corrected chi connectivity index (χ3v) is 3.34. The maximum absolute atomic E-state index is 13.1. The zero-order valence-corrected chi connectivity index (χ0v) is 12.8. The van der Waals surface area contributed by atoms with E-state index in [4.69, 9.17) is 35.4 Å². The van der Waals surface area contributed by atoms with E-state index in [1.165, 1.54) is 12.1 Å². The van der Waals surface area contributed by atoms with Crippen LogP contribution in [0.5, 0.6) is 0 Å². The Kier molecular flexibility index (Phi) is 4.81. The number of hydrogen-bond acceptors (Lipinski definition) is 1. The van der Waals surface area contributed by atoms with Crippen LogP contribution in [0, 0.1) is 12.7 Å². The van der Waals surface area contributed by atoms with Gasteiger partial charge in [-0.05, 0) is 61.1 Å². The van der Waals surface area contributed by atoms with Crippen molar-refractivity contribution in [2.45, 2.75) is 6.92 Å². The van der Waals surface area contributed by atoms with Crippen molar-refractivity contribution in [2.24, 2.45) is 0 Å². The molecule has 0 aromatic heterocycles. The molecule has 2 aromatic carbocycles. The molecule has 0 amide bonds. The van der Waals surface area contributed by atoms with Gasteiger partial charge in [-0.15, -0.1) is 0 Å². The van der Waals surface area contributed by atoms with Gasteiger partial charge in [-0.3, -0.25) is 0 Å². The Morgan fingerprint density at radius 3 is 2.50 bits per heavy atom. The van der Waals surface area contributed by atoms with Gasteiger partial charge in [0, 0.05) is 16.4 Å². The number of aryl methyl sites for hydroxylation is 1. The van der Waals surface area contributed by atoms with Crippen molar-refractivity contribution < 1.29 is 4.39 Å². The number of anilines is 2. The van der Waals surface area contributed by atoms with Gasteiger partial charge in [0.25, 0.3) is 0 Å². The summed E-state index contributed by atoms with van der Waals surface area (Å²) in [6.45, 7) is 1.92. The zero-order chi connectivity index (χ0) is 14.7. The minimum absolute atomic E-state index is 0.0421. The molecule has 0 atom stereocenters. The Bertz CT molecular complexity index is 662. The predicted octanol–water partition coefficient (Wildman–Crippen LogP) is 5.25. The van der Waals surface area contributed by atoms with E-state index in [0.29, 0.717) is 15.8 Å². The summed E-state index contributed by atoms with van der Waals surface area (Å²) in [6.07, 6.45) is 0. The van der Waals surface area contributed by atoms with Crippen molar-refractivity contribution in [3.8, 4) is 0 Å². The molecule has 0 spiro atoms. The Morgan fingerprint density at radius 1 is 1.10 bits per heavy atom. The minimum atomic E-state index is -0.468. The fourth-order valence-electron chi connectivity index (χ4n) is 1.63. The van der Waals surface area contributed by atoms with Gasteiger partial charge in [0.15, 0.2) is 5.11 Å². The Morgan fingerprint density at radius 2 is 1.85 bits per heavy atom. The average Bonchev–Trinajstić information content (AvgIpc) is 2.37. The van der Waals surface area contributed by atoms with Gasteiger partial charge >= 0.3 is 0 Å². The summed E-state index contributed by atoms with van der Waals surface area (Å²) in [5.74, 6) is -0.468. The summed E-state index contributed by atoms with van der Waals surface area (Å²) >= 11 is 16.8. The first kappa shape index (κ1) is 15.0. The molecule has 0 aliphatic heterocycles. The van der Waals surface area contributed by atoms with Crippen LogP contribution in [0.4, 0.5) is 15.8 Å². The van der Waals surface area contributed by atoms with E-state index in [2.05, 4.69) is 10.6 Å². The van der Waals surface area contributed by atoms with E-state index in [1.807, 2.05) is 19.1 Å². The minimum Gasteiger partial charge on any atom is -0.332 e. The summed E-state index contributed by atoms with van der Waals surface area (Å²) < 4.78 is 13.1. The third kappa shape index (κ3) is 3.82. The fourth-order valence-corrected chi connectivity index (χ4v) is 2.26. The molecule has 0 bridgehead atoms. The Balaban J connectivity index is 2.07. The Labute approximate surface area is 131 Å². The first-order valence-electron chi connectivity index (χ1n) is 5.75. The van der Waals surface area contributed by atoms with E-state index < -0.39 is 5.82 Å². The average molecular weight is 329 g/mol. The maximum atomic E-state index is 13.1. The highest BCUT2D eigenvalue weighted by molar-refractivity contribution is 7.80. The van der Waals surface area contributed by atoms with Crippen molar-refractivity contribution in [2.75, 3.05) is 10.6 Å². The van der Waals surface area contributed by atoms with Crippen LogP contribution in [0.2, 0.25) is 10.0 Å². The van der Waals surface area contributed by atoms with Crippen LogP contribution in [0.15, 0.2) is 36.4 Å². The SMILES string of the molecule is Cc1cc(Cl)ccc1NC(=S)Nc1ccc(F)c(Cl)c1. The molecule has 2 N–H and O–H groups in total. The second-order valence-corrected chi connectivity index (χ2v) is 5.42. The molecule has 0 saturated heterocycles. The van der Waals surface area contributed by atoms with Crippen LogP contribution < -0.4 is 10.6 Å². The summed E-state index contributed by atoms with van der Waals surface area (Å²) in [6, 6.07) is 9.75. The van der Waals surface area contributed by atoms with E-state index in [9.17, 15) is 4.39 Å². The third-order valence-electron chi connectivity index (χ3n) is 2.61. The zero-order valence-electron chi connectivity index (χ0n) is 10.5. The van der Waals surface area contributed by atoms with Crippen LogP contribution in [0.3, 0.4) is 0 Å². The van der Waals surface area contributed by atoms with Gasteiger partial charge < -0.3 is 10.6 Å². The van der Waals surface area contributed by atoms with Crippen molar-refractivity contribution >= 4 is 51.9 Å². The van der Waals surface area contributed by atoms with E-state index >= 15 is 0 Å². The normalized spacial score (nSPS) is 10.2. The molecule has 6 heteroatoms. The summed E-state index contributed by atoms with van der Waals surface area (Å²) in [7, 11) is 0. The second kappa shape index (κ2) is 6.39. The molecule has 0 fully saturated rings. The first-order chi connectivity index (χ1) is 9.45. The number of thiocarbonyl (C=S) groups is 1. The van der Waals surface area contributed by atoms with Crippen molar-refractivity contribution in [1.82, 2.24) is 0 Å². The number of hydrogen-bond donors (Lipinski definition) is 2. The fraction of sp³-hybridized carbons (Fsp3) is 0.0714. The number of rotatable bonds is 2. The van der Waals surface area contributed by atoms with Crippen LogP contribution in [0.1, 0.15) is 5.56 Å². The van der Waals surface area contributed by atoms with Crippen molar-refractivity contribution in [3.05, 3.63) is 57.8 Å². The molecular weight excluding hydrogens is 318 g/mol. The lowest BCUT2D eigenvalue weighted by molar-refractivity contribution is 0.628. The van der Waals surface area contributed by atoms with Crippen molar-refractivity contribution in [1.29, 1.82) is 0 Å². The van der Waals surface area contributed by atoms with Crippen molar-refractivity contribution in [3.63, 3.8) is 0 Å². The summed E-state index contributed by atoms with van der Waals surface area (Å²) in [5, 5.41) is 7.07. The lowest BCUT2D eigenvalue weighted by atomic mass is 10.2. The van der Waals surface area contributed by atoms with Crippen LogP contribution in [-0.4, -0.2) is 5.11 Å². The molecule has 20 heavy (non-hydrogen) atoms. The topological polar surface area (TPSA) is 24.1 Å². The Hall–Kier alpha value is -1.36. The molecular formula is C14H11Cl2FN2S. The molecule has 2 aromatic rings. The molecule has 2 nitrogen and oxygen atoms in total. The summed E-state index contributed by atoms with van der Waals surface area (Å²) in [4.78, 5) is 0. The second-order valence-electron chi connectivity index (χ2n) is 4.17. The van der Waals surface area contributed by atoms with Gasteiger partial charge in [-0.1, -0.05) is 23.2 Å². The van der Waals surface area contributed by atoms with Gasteiger partial charge in [-0.25, -0.2) is 4.39 Å². The maximum Gasteiger partial charge on any atom is 0.175 e. The predicted molar refractivity (Wildman–Crippen MR) is 87.4 cm³/mol. The van der Waals surface area contributed by atoms with Crippen LogP contribution in [0.25, 0.3) is 0 Å². The lowest BCUT2D eigenvalue weighted by Gasteiger charge is -2.13. The number of benzene rings is 2. The van der Waals surface area contributed by atoms with Gasteiger partial charge in [0.1, 0.15) is 5.82 Å². The smallest absolute Gasteiger partial charge is 0.175 e. The van der Waals surface area contributed by atoms with E-state index in [0.717, 1.165) is 11.3 Å². The van der Waals surface area contributed by atoms with Crippen LogP contribution in [-0.2, 0) is 0 Å². The summed E-state index contributed by atoms with van der Waals surface area (Å²) in [5.41, 5.74) is 2.43. The molecule has 2 rings (SSSR count). The van der Waals surface area contributed by atoms with E-state index in [-0.39, 0.29) is 5.02 Å². The molecule has 0 radical (unpaired) electrons. The lowest BCUT2D eigenvalue weighted by Crippen LogP contribution is -2.19. The number of halogens is 3. The quantitative estimate of drug-likeness (QED) is 0.736. The molecule has 0 aliphatic carbocycles. The molecule has 0 saturated carbocycles. The highest BCUT2D eigenvalue weighted by atomic mass is 35.5. The molecule has 0 aliphatic rings. The first-order valence-corrected chi connectivity index (χ1v) is 6.91. The molecule has 0 unspecified atom stereocenters. The molecule has 104 valence electrons. The number of nitrogens with one attached hydrogen (secondary N) is 2. The van der Waals surface area contributed by atoms with Gasteiger partial charge in [0.2, 0.25) is 0 Å². The monoisotopic (exact) mass is 328 g/mol. The highest BCUT2D eigenvalue weighted by Crippen LogP contribution is 2.21. The van der Waals surface area contributed by atoms with Gasteiger partial charge in [0.05, 0.1) is 5.02 Å².